The van der Waals surface area contributed by atoms with Crippen LogP contribution in [0.25, 0.3) is 0 Å². The van der Waals surface area contributed by atoms with Crippen LogP contribution in [0.5, 0.6) is 0 Å². The summed E-state index contributed by atoms with van der Waals surface area (Å²) in [5.41, 5.74) is 2.69. The zero-order chi connectivity index (χ0) is 21.5. The van der Waals surface area contributed by atoms with E-state index >= 15 is 0 Å². The molecular weight excluding hydrogens is 405 g/mol. The van der Waals surface area contributed by atoms with Crippen LogP contribution < -0.4 is 9.21 Å². The number of nitrogens with zero attached hydrogens (tertiary/aromatic N) is 3. The van der Waals surface area contributed by atoms with E-state index in [0.717, 1.165) is 5.56 Å². The summed E-state index contributed by atoms with van der Waals surface area (Å²) in [4.78, 5) is 16.8. The van der Waals surface area contributed by atoms with Crippen LogP contribution in [-0.4, -0.2) is 57.2 Å². The summed E-state index contributed by atoms with van der Waals surface area (Å²) in [6.07, 6.45) is 0.594. The molecule has 2 aliphatic heterocycles. The molecule has 0 bridgehead atoms. The molecule has 2 aliphatic rings. The molecule has 0 spiro atoms. The molecule has 0 aliphatic carbocycles. The molecule has 2 aromatic carbocycles. The van der Waals surface area contributed by atoms with Crippen LogP contribution in [0.2, 0.25) is 0 Å². The van der Waals surface area contributed by atoms with Gasteiger partial charge in [-0.15, -0.1) is 0 Å². The van der Waals surface area contributed by atoms with Crippen molar-refractivity contribution in [1.82, 2.24) is 4.90 Å². The van der Waals surface area contributed by atoms with Gasteiger partial charge in [0.25, 0.3) is 5.91 Å². The Morgan fingerprint density at radius 2 is 1.77 bits per heavy atom. The third-order valence-electron chi connectivity index (χ3n) is 5.90. The maximum absolute atomic E-state index is 14.0. The first-order valence-corrected chi connectivity index (χ1v) is 11.9. The van der Waals surface area contributed by atoms with Crippen LogP contribution in [-0.2, 0) is 16.4 Å². The van der Waals surface area contributed by atoms with Crippen LogP contribution in [0, 0.1) is 5.82 Å². The monoisotopic (exact) mass is 431 g/mol. The number of piperazine rings is 1. The highest BCUT2D eigenvalue weighted by Crippen LogP contribution is 2.35. The number of amides is 1. The number of halogens is 1. The van der Waals surface area contributed by atoms with Crippen molar-refractivity contribution in [3.8, 4) is 0 Å². The van der Waals surface area contributed by atoms with Gasteiger partial charge in [-0.05, 0) is 56.2 Å². The van der Waals surface area contributed by atoms with E-state index in [9.17, 15) is 17.6 Å². The minimum Gasteiger partial charge on any atom is -0.366 e. The number of para-hydroxylation sites is 1. The first-order chi connectivity index (χ1) is 14.3. The average molecular weight is 432 g/mol. The summed E-state index contributed by atoms with van der Waals surface area (Å²) in [6, 6.07) is 11.8. The van der Waals surface area contributed by atoms with Gasteiger partial charge >= 0.3 is 0 Å². The average Bonchev–Trinajstić information content (AvgIpc) is 3.09. The Labute approximate surface area is 176 Å². The zero-order valence-corrected chi connectivity index (χ0v) is 18.0. The molecule has 8 heteroatoms. The Morgan fingerprint density at radius 3 is 2.43 bits per heavy atom. The van der Waals surface area contributed by atoms with Gasteiger partial charge in [0.1, 0.15) is 5.82 Å². The van der Waals surface area contributed by atoms with E-state index in [4.69, 9.17) is 0 Å². The minimum absolute atomic E-state index is 0.0454. The van der Waals surface area contributed by atoms with E-state index in [1.54, 1.807) is 36.1 Å². The lowest BCUT2D eigenvalue weighted by molar-refractivity contribution is 0.0746. The van der Waals surface area contributed by atoms with E-state index in [2.05, 4.69) is 0 Å². The van der Waals surface area contributed by atoms with Crippen molar-refractivity contribution in [1.29, 1.82) is 0 Å². The molecule has 0 saturated carbocycles. The lowest BCUT2D eigenvalue weighted by Crippen LogP contribution is -2.49. The molecule has 1 saturated heterocycles. The number of sulfonamides is 1. The van der Waals surface area contributed by atoms with Crippen molar-refractivity contribution in [2.24, 2.45) is 0 Å². The fourth-order valence-electron chi connectivity index (χ4n) is 4.34. The van der Waals surface area contributed by atoms with E-state index < -0.39 is 10.0 Å². The molecule has 2 aromatic rings. The highest BCUT2D eigenvalue weighted by atomic mass is 32.2. The second-order valence-electron chi connectivity index (χ2n) is 7.82. The number of fused-ring (bicyclic) bond motifs is 1. The molecule has 0 N–H and O–H groups in total. The predicted octanol–water partition coefficient (Wildman–Crippen LogP) is 2.89. The molecule has 160 valence electrons. The van der Waals surface area contributed by atoms with Crippen molar-refractivity contribution in [2.75, 3.05) is 41.1 Å². The largest absolute Gasteiger partial charge is 0.366 e. The maximum atomic E-state index is 14.0. The summed E-state index contributed by atoms with van der Waals surface area (Å²) < 4.78 is 40.4. The molecule has 0 aromatic heterocycles. The Bertz CT molecular complexity index is 1070. The van der Waals surface area contributed by atoms with Gasteiger partial charge in [0.05, 0.1) is 17.1 Å². The van der Waals surface area contributed by atoms with Crippen molar-refractivity contribution in [3.63, 3.8) is 0 Å². The fraction of sp³-hybridized carbons (Fsp3) is 0.409. The highest BCUT2D eigenvalue weighted by molar-refractivity contribution is 7.92. The number of benzene rings is 2. The second-order valence-corrected chi connectivity index (χ2v) is 9.96. The smallest absolute Gasteiger partial charge is 0.253 e. The highest BCUT2D eigenvalue weighted by Gasteiger charge is 2.34. The number of hydrogen-bond donors (Lipinski definition) is 0. The van der Waals surface area contributed by atoms with Crippen LogP contribution in [0.1, 0.15) is 29.8 Å². The standard InChI is InChI=1S/C22H26FN3O3S/c1-3-30(28,29)26-16(2)14-18-15-17(8-9-20(18)26)22(27)25-12-10-24(11-13-25)21-7-5-4-6-19(21)23/h4-9,15-16H,3,10-14H2,1-2H3/t16-/m0/s1. The van der Waals surface area contributed by atoms with E-state index in [1.807, 2.05) is 24.0 Å². The van der Waals surface area contributed by atoms with Gasteiger partial charge < -0.3 is 9.80 Å². The summed E-state index contributed by atoms with van der Waals surface area (Å²) in [7, 11) is -3.35. The number of rotatable bonds is 4. The topological polar surface area (TPSA) is 60.9 Å². The molecule has 4 rings (SSSR count). The van der Waals surface area contributed by atoms with E-state index in [1.165, 1.54) is 10.4 Å². The summed E-state index contributed by atoms with van der Waals surface area (Å²) >= 11 is 0. The zero-order valence-electron chi connectivity index (χ0n) is 17.2. The van der Waals surface area contributed by atoms with Crippen LogP contribution >= 0.6 is 0 Å². The Kier molecular flexibility index (Phi) is 5.44. The SMILES string of the molecule is CCS(=O)(=O)N1c2ccc(C(=O)N3CCN(c4ccccc4F)CC3)cc2C[C@@H]1C. The number of carbonyl (C=O) groups excluding carboxylic acids is 1. The maximum Gasteiger partial charge on any atom is 0.253 e. The van der Waals surface area contributed by atoms with Gasteiger partial charge in [-0.3, -0.25) is 9.10 Å². The first-order valence-electron chi connectivity index (χ1n) is 10.3. The molecule has 1 amide bonds. The number of carbonyl (C=O) groups is 1. The Hall–Kier alpha value is -2.61. The molecular formula is C22H26FN3O3S. The lowest BCUT2D eigenvalue weighted by Gasteiger charge is -2.36. The fourth-order valence-corrected chi connectivity index (χ4v) is 5.72. The third kappa shape index (κ3) is 3.64. The van der Waals surface area contributed by atoms with Crippen molar-refractivity contribution in [2.45, 2.75) is 26.3 Å². The van der Waals surface area contributed by atoms with Gasteiger partial charge in [-0.1, -0.05) is 12.1 Å². The van der Waals surface area contributed by atoms with Crippen molar-refractivity contribution >= 4 is 27.3 Å². The van der Waals surface area contributed by atoms with E-state index in [-0.39, 0.29) is 23.5 Å². The molecule has 6 nitrogen and oxygen atoms in total. The molecule has 0 unspecified atom stereocenters. The van der Waals surface area contributed by atoms with Gasteiger partial charge in [0.15, 0.2) is 0 Å². The Balaban J connectivity index is 1.48. The normalized spacial score (nSPS) is 19.2. The first kappa shape index (κ1) is 20.7. The quantitative estimate of drug-likeness (QED) is 0.747. The lowest BCUT2D eigenvalue weighted by atomic mass is 10.1. The molecule has 1 atom stereocenters. The predicted molar refractivity (Wildman–Crippen MR) is 116 cm³/mol. The van der Waals surface area contributed by atoms with Gasteiger partial charge in [-0.2, -0.15) is 0 Å². The van der Waals surface area contributed by atoms with Crippen LogP contribution in [0.4, 0.5) is 15.8 Å². The van der Waals surface area contributed by atoms with Gasteiger partial charge in [0, 0.05) is 37.8 Å². The van der Waals surface area contributed by atoms with E-state index in [0.29, 0.717) is 49.5 Å². The van der Waals surface area contributed by atoms with Crippen LogP contribution in [0.15, 0.2) is 42.5 Å². The van der Waals surface area contributed by atoms with Gasteiger partial charge in [-0.25, -0.2) is 12.8 Å². The molecule has 1 fully saturated rings. The second kappa shape index (κ2) is 7.91. The summed E-state index contributed by atoms with van der Waals surface area (Å²) in [5, 5.41) is 0. The molecule has 0 radical (unpaired) electrons. The molecule has 2 heterocycles. The number of hydrogen-bond acceptors (Lipinski definition) is 4. The van der Waals surface area contributed by atoms with Crippen LogP contribution in [0.3, 0.4) is 0 Å². The number of anilines is 2. The Morgan fingerprint density at radius 1 is 1.07 bits per heavy atom. The summed E-state index contributed by atoms with van der Waals surface area (Å²) in [6.45, 7) is 5.68. The molecule has 30 heavy (non-hydrogen) atoms. The summed E-state index contributed by atoms with van der Waals surface area (Å²) in [5.74, 6) is -0.281. The van der Waals surface area contributed by atoms with Crippen molar-refractivity contribution in [3.05, 3.63) is 59.4 Å². The minimum atomic E-state index is -3.35. The van der Waals surface area contributed by atoms with Crippen molar-refractivity contribution < 1.29 is 17.6 Å². The van der Waals surface area contributed by atoms with Gasteiger partial charge in [0.2, 0.25) is 10.0 Å². The third-order valence-corrected chi connectivity index (χ3v) is 7.79.